The topological polar surface area (TPSA) is 130 Å². The fourth-order valence-electron chi connectivity index (χ4n) is 1.66. The molecule has 1 unspecified atom stereocenters. The van der Waals surface area contributed by atoms with Crippen molar-refractivity contribution in [3.05, 3.63) is 35.9 Å². The molecule has 8 heteroatoms. The van der Waals surface area contributed by atoms with E-state index in [1.807, 2.05) is 0 Å². The second-order valence-electron chi connectivity index (χ2n) is 4.72. The van der Waals surface area contributed by atoms with E-state index in [0.29, 0.717) is 0 Å². The van der Waals surface area contributed by atoms with E-state index in [9.17, 15) is 24.6 Å². The average Bonchev–Trinajstić information content (AvgIpc) is 2.52. The number of benzene rings is 1. The van der Waals surface area contributed by atoms with Crippen molar-refractivity contribution in [3.63, 3.8) is 0 Å². The molecule has 0 saturated carbocycles. The highest BCUT2D eigenvalue weighted by Gasteiger charge is 2.19. The van der Waals surface area contributed by atoms with Crippen LogP contribution in [0.5, 0.6) is 11.5 Å². The summed E-state index contributed by atoms with van der Waals surface area (Å²) in [6, 6.07) is 5.49. The fraction of sp³-hybridized carbons (Fsp3) is 0.312. The van der Waals surface area contributed by atoms with Crippen molar-refractivity contribution in [2.75, 3.05) is 6.61 Å². The van der Waals surface area contributed by atoms with Gasteiger partial charge in [-0.05, 0) is 18.6 Å². The molecule has 0 spiro atoms. The molecule has 0 bridgehead atoms. The summed E-state index contributed by atoms with van der Waals surface area (Å²) in [5, 5.41) is 27.5. The molecular formula is C16H18O8. The van der Waals surface area contributed by atoms with Crippen LogP contribution in [0.15, 0.2) is 35.9 Å². The fourth-order valence-corrected chi connectivity index (χ4v) is 1.66. The number of carboxylic acids is 1. The van der Waals surface area contributed by atoms with Gasteiger partial charge in [0.1, 0.15) is 11.5 Å². The SMILES string of the molecule is CC/C(=C\C(=O)O)C(=O)OCCC(O)C(=O)Oc1cccc(O)c1. The third-order valence-corrected chi connectivity index (χ3v) is 2.87. The molecule has 0 aromatic heterocycles. The Morgan fingerprint density at radius 1 is 1.29 bits per heavy atom. The number of esters is 2. The van der Waals surface area contributed by atoms with Gasteiger partial charge >= 0.3 is 17.9 Å². The van der Waals surface area contributed by atoms with Gasteiger partial charge in [-0.3, -0.25) is 0 Å². The summed E-state index contributed by atoms with van der Waals surface area (Å²) in [5.41, 5.74) is -0.0284. The Hall–Kier alpha value is -2.87. The van der Waals surface area contributed by atoms with Gasteiger partial charge in [0.15, 0.2) is 6.10 Å². The molecule has 0 saturated heterocycles. The highest BCUT2D eigenvalue weighted by Crippen LogP contribution is 2.18. The van der Waals surface area contributed by atoms with Gasteiger partial charge in [-0.15, -0.1) is 0 Å². The van der Waals surface area contributed by atoms with E-state index in [1.165, 1.54) is 24.3 Å². The van der Waals surface area contributed by atoms with Gasteiger partial charge in [-0.1, -0.05) is 13.0 Å². The summed E-state index contributed by atoms with van der Waals surface area (Å²) in [7, 11) is 0. The number of rotatable bonds is 8. The van der Waals surface area contributed by atoms with Gasteiger partial charge in [0, 0.05) is 24.1 Å². The van der Waals surface area contributed by atoms with Gasteiger partial charge in [0.2, 0.25) is 0 Å². The Balaban J connectivity index is 2.45. The summed E-state index contributed by atoms with van der Waals surface area (Å²) in [5.74, 6) is -3.09. The number of aliphatic carboxylic acids is 1. The van der Waals surface area contributed by atoms with Crippen LogP contribution in [0.4, 0.5) is 0 Å². The summed E-state index contributed by atoms with van der Waals surface area (Å²) >= 11 is 0. The molecule has 0 heterocycles. The predicted molar refractivity (Wildman–Crippen MR) is 81.3 cm³/mol. The number of phenols is 1. The summed E-state index contributed by atoms with van der Waals surface area (Å²) in [6.07, 6.45) is -0.830. The number of aliphatic hydroxyl groups excluding tert-OH is 1. The lowest BCUT2D eigenvalue weighted by Crippen LogP contribution is -2.27. The maximum atomic E-state index is 11.7. The predicted octanol–water partition coefficient (Wildman–Crippen LogP) is 1.01. The van der Waals surface area contributed by atoms with E-state index in [-0.39, 0.29) is 36.5 Å². The van der Waals surface area contributed by atoms with Crippen LogP contribution in [-0.2, 0) is 19.1 Å². The number of carbonyl (C=O) groups is 3. The first-order valence-corrected chi connectivity index (χ1v) is 7.13. The summed E-state index contributed by atoms with van der Waals surface area (Å²) < 4.78 is 9.67. The molecule has 0 aliphatic heterocycles. The second-order valence-corrected chi connectivity index (χ2v) is 4.72. The molecule has 1 atom stereocenters. The summed E-state index contributed by atoms with van der Waals surface area (Å²) in [4.78, 5) is 33.8. The smallest absolute Gasteiger partial charge is 0.340 e. The summed E-state index contributed by atoms with van der Waals surface area (Å²) in [6.45, 7) is 1.31. The van der Waals surface area contributed by atoms with E-state index in [0.717, 1.165) is 6.08 Å². The first-order valence-electron chi connectivity index (χ1n) is 7.13. The highest BCUT2D eigenvalue weighted by atomic mass is 16.6. The van der Waals surface area contributed by atoms with Gasteiger partial charge in [-0.25, -0.2) is 14.4 Å². The van der Waals surface area contributed by atoms with Gasteiger partial charge in [0.25, 0.3) is 0 Å². The minimum atomic E-state index is -1.53. The Bertz CT molecular complexity index is 635. The van der Waals surface area contributed by atoms with Crippen molar-refractivity contribution in [2.45, 2.75) is 25.9 Å². The number of hydrogen-bond donors (Lipinski definition) is 3. The van der Waals surface area contributed by atoms with Crippen LogP contribution in [0.2, 0.25) is 0 Å². The normalized spacial score (nSPS) is 12.3. The Morgan fingerprint density at radius 2 is 2.00 bits per heavy atom. The number of carbonyl (C=O) groups excluding carboxylic acids is 2. The molecule has 3 N–H and O–H groups in total. The maximum absolute atomic E-state index is 11.7. The number of hydrogen-bond acceptors (Lipinski definition) is 7. The Morgan fingerprint density at radius 3 is 2.58 bits per heavy atom. The molecule has 24 heavy (non-hydrogen) atoms. The first-order chi connectivity index (χ1) is 11.3. The highest BCUT2D eigenvalue weighted by molar-refractivity contribution is 5.95. The number of carboxylic acid groups (broad SMARTS) is 1. The molecule has 0 aliphatic rings. The van der Waals surface area contributed by atoms with Crippen LogP contribution in [-0.4, -0.2) is 45.9 Å². The molecule has 1 aromatic carbocycles. The second kappa shape index (κ2) is 9.31. The van der Waals surface area contributed by atoms with Crippen LogP contribution in [0.3, 0.4) is 0 Å². The van der Waals surface area contributed by atoms with E-state index >= 15 is 0 Å². The van der Waals surface area contributed by atoms with Crippen molar-refractivity contribution >= 4 is 17.9 Å². The van der Waals surface area contributed by atoms with Crippen molar-refractivity contribution in [3.8, 4) is 11.5 Å². The van der Waals surface area contributed by atoms with Crippen LogP contribution in [0, 0.1) is 0 Å². The standard InChI is InChI=1S/C16H18O8/c1-2-10(8-14(19)20)15(21)23-7-6-13(18)16(22)24-12-5-3-4-11(17)9-12/h3-5,8-9,13,17-18H,2,6-7H2,1H3,(H,19,20)/b10-8+. The van der Waals surface area contributed by atoms with Crippen molar-refractivity contribution in [1.29, 1.82) is 0 Å². The van der Waals surface area contributed by atoms with Gasteiger partial charge in [0.05, 0.1) is 6.61 Å². The van der Waals surface area contributed by atoms with E-state index in [1.54, 1.807) is 6.92 Å². The molecule has 0 radical (unpaired) electrons. The largest absolute Gasteiger partial charge is 0.508 e. The minimum absolute atomic E-state index is 0.0284. The Kier molecular flexibility index (Phi) is 7.44. The number of aliphatic hydroxyl groups is 1. The molecule has 8 nitrogen and oxygen atoms in total. The number of aromatic hydroxyl groups is 1. The molecular weight excluding hydrogens is 320 g/mol. The number of ether oxygens (including phenoxy) is 2. The van der Waals surface area contributed by atoms with Crippen LogP contribution in [0.1, 0.15) is 19.8 Å². The lowest BCUT2D eigenvalue weighted by Gasteiger charge is -2.11. The Labute approximate surface area is 137 Å². The van der Waals surface area contributed by atoms with Gasteiger partial charge in [-0.2, -0.15) is 0 Å². The first kappa shape index (κ1) is 19.2. The average molecular weight is 338 g/mol. The van der Waals surface area contributed by atoms with E-state index in [2.05, 4.69) is 0 Å². The molecule has 130 valence electrons. The van der Waals surface area contributed by atoms with Crippen LogP contribution in [0.25, 0.3) is 0 Å². The zero-order chi connectivity index (χ0) is 18.1. The molecule has 0 aliphatic carbocycles. The molecule has 1 aromatic rings. The van der Waals surface area contributed by atoms with Crippen molar-refractivity contribution in [2.24, 2.45) is 0 Å². The van der Waals surface area contributed by atoms with Crippen molar-refractivity contribution < 1.29 is 39.2 Å². The van der Waals surface area contributed by atoms with E-state index < -0.39 is 24.0 Å². The third kappa shape index (κ3) is 6.49. The quantitative estimate of drug-likeness (QED) is 0.364. The van der Waals surface area contributed by atoms with Gasteiger partial charge < -0.3 is 24.8 Å². The van der Waals surface area contributed by atoms with Crippen molar-refractivity contribution in [1.82, 2.24) is 0 Å². The molecule has 1 rings (SSSR count). The zero-order valence-electron chi connectivity index (χ0n) is 13.0. The van der Waals surface area contributed by atoms with Crippen LogP contribution >= 0.6 is 0 Å². The molecule has 0 amide bonds. The lowest BCUT2D eigenvalue weighted by molar-refractivity contribution is -0.147. The molecule has 0 fully saturated rings. The minimum Gasteiger partial charge on any atom is -0.508 e. The van der Waals surface area contributed by atoms with Crippen LogP contribution < -0.4 is 4.74 Å². The lowest BCUT2D eigenvalue weighted by atomic mass is 10.2. The monoisotopic (exact) mass is 338 g/mol. The number of phenolic OH excluding ortho intramolecular Hbond substituents is 1. The third-order valence-electron chi connectivity index (χ3n) is 2.87. The van der Waals surface area contributed by atoms with E-state index in [4.69, 9.17) is 14.6 Å². The maximum Gasteiger partial charge on any atom is 0.340 e. The zero-order valence-corrected chi connectivity index (χ0v) is 13.0.